The Morgan fingerprint density at radius 2 is 2.00 bits per heavy atom. The van der Waals surface area contributed by atoms with Crippen LogP contribution in [-0.2, 0) is 4.74 Å². The Morgan fingerprint density at radius 3 is 2.62 bits per heavy atom. The van der Waals surface area contributed by atoms with E-state index in [4.69, 9.17) is 21.3 Å². The molecule has 3 unspecified atom stereocenters. The summed E-state index contributed by atoms with van der Waals surface area (Å²) in [6.07, 6.45) is -4.81. The first-order valence-corrected chi connectivity index (χ1v) is 6.09. The van der Waals surface area contributed by atoms with Crippen LogP contribution in [-0.4, -0.2) is 59.8 Å². The fourth-order valence-corrected chi connectivity index (χ4v) is 2.36. The monoisotopic (exact) mass is 298 g/mol. The highest BCUT2D eigenvalue weighted by Gasteiger charge is 2.44. The lowest BCUT2D eigenvalue weighted by atomic mass is 10.1. The summed E-state index contributed by atoms with van der Waals surface area (Å²) >= 11 is 0. The first-order valence-electron chi connectivity index (χ1n) is 6.09. The molecule has 0 aliphatic carbocycles. The topological polar surface area (TPSA) is 186 Å². The van der Waals surface area contributed by atoms with Gasteiger partial charge < -0.3 is 31.5 Å². The molecular formula is C10H14N6O5. The molecule has 0 bridgehead atoms. The highest BCUT2D eigenvalue weighted by Crippen LogP contribution is 2.32. The maximum absolute atomic E-state index is 11.7. The number of hydrogen-bond donors (Lipinski definition) is 6. The molecule has 2 aromatic rings. The average Bonchev–Trinajstić information content (AvgIpc) is 2.89. The number of rotatable bonds is 2. The van der Waals surface area contributed by atoms with E-state index >= 15 is 0 Å². The minimum absolute atomic E-state index is 0.0172. The van der Waals surface area contributed by atoms with Crippen molar-refractivity contribution in [1.82, 2.24) is 19.5 Å². The average molecular weight is 298 g/mol. The molecule has 3 rings (SSSR count). The smallest absolute Gasteiger partial charge is 0.280 e. The maximum Gasteiger partial charge on any atom is 0.280 e. The number of aromatic amines is 1. The zero-order valence-corrected chi connectivity index (χ0v) is 10.7. The number of imidazole rings is 1. The van der Waals surface area contributed by atoms with Crippen molar-refractivity contribution in [2.45, 2.75) is 24.5 Å². The van der Waals surface area contributed by atoms with Gasteiger partial charge in [0.1, 0.15) is 18.3 Å². The molecule has 11 heteroatoms. The lowest BCUT2D eigenvalue weighted by Crippen LogP contribution is -2.33. The van der Waals surface area contributed by atoms with E-state index in [2.05, 4.69) is 15.0 Å². The van der Waals surface area contributed by atoms with Gasteiger partial charge in [-0.1, -0.05) is 0 Å². The van der Waals surface area contributed by atoms with Gasteiger partial charge in [-0.2, -0.15) is 4.98 Å². The molecule has 1 aliphatic heterocycles. The third-order valence-corrected chi connectivity index (χ3v) is 3.37. The molecule has 0 spiro atoms. The highest BCUT2D eigenvalue weighted by atomic mass is 16.6. The van der Waals surface area contributed by atoms with Crippen LogP contribution in [0.1, 0.15) is 6.23 Å². The van der Waals surface area contributed by atoms with Gasteiger partial charge in [0.05, 0.1) is 6.61 Å². The van der Waals surface area contributed by atoms with E-state index in [0.717, 1.165) is 4.57 Å². The van der Waals surface area contributed by atoms with Gasteiger partial charge in [0, 0.05) is 0 Å². The van der Waals surface area contributed by atoms with Crippen molar-refractivity contribution in [3.8, 4) is 0 Å². The minimum atomic E-state index is -1.37. The molecule has 0 saturated carbocycles. The quantitative estimate of drug-likeness (QED) is 0.334. The summed E-state index contributed by atoms with van der Waals surface area (Å²) in [5.74, 6) is -0.288. The van der Waals surface area contributed by atoms with Crippen LogP contribution < -0.4 is 17.0 Å². The summed E-state index contributed by atoms with van der Waals surface area (Å²) in [5.41, 5.74) is 10.6. The van der Waals surface area contributed by atoms with Crippen molar-refractivity contribution in [3.63, 3.8) is 0 Å². The first-order chi connectivity index (χ1) is 9.93. The number of nitrogens with zero attached hydrogens (tertiary/aromatic N) is 3. The summed E-state index contributed by atoms with van der Waals surface area (Å²) in [6.45, 7) is -0.489. The Morgan fingerprint density at radius 1 is 1.29 bits per heavy atom. The van der Waals surface area contributed by atoms with Crippen LogP contribution in [0.25, 0.3) is 11.2 Å². The molecule has 1 fully saturated rings. The second-order valence-electron chi connectivity index (χ2n) is 4.69. The lowest BCUT2D eigenvalue weighted by molar-refractivity contribution is -0.0500. The molecule has 4 atom stereocenters. The van der Waals surface area contributed by atoms with Crippen LogP contribution in [0, 0.1) is 0 Å². The predicted octanol–water partition coefficient (Wildman–Crippen LogP) is -3.10. The van der Waals surface area contributed by atoms with Gasteiger partial charge in [-0.25, -0.2) is 4.98 Å². The number of anilines is 2. The van der Waals surface area contributed by atoms with E-state index in [-0.39, 0.29) is 23.1 Å². The molecule has 8 N–H and O–H groups in total. The van der Waals surface area contributed by atoms with E-state index < -0.39 is 36.7 Å². The number of nitrogens with one attached hydrogen (secondary N) is 1. The van der Waals surface area contributed by atoms with Crippen LogP contribution in [0.3, 0.4) is 0 Å². The number of nitrogen functional groups attached to an aromatic ring is 2. The number of aromatic nitrogens is 4. The van der Waals surface area contributed by atoms with Gasteiger partial charge in [-0.05, 0) is 0 Å². The van der Waals surface area contributed by atoms with Gasteiger partial charge in [0.25, 0.3) is 5.56 Å². The number of hydrogen-bond acceptors (Lipinski definition) is 9. The van der Waals surface area contributed by atoms with Crippen molar-refractivity contribution in [1.29, 1.82) is 0 Å². The molecule has 0 amide bonds. The van der Waals surface area contributed by atoms with Crippen molar-refractivity contribution >= 4 is 23.1 Å². The number of nitrogens with two attached hydrogens (primary N) is 2. The summed E-state index contributed by atoms with van der Waals surface area (Å²) < 4.78 is 6.51. The standard InChI is InChI=1S/C10H14N6O5/c11-9-14-6-3(7(20)15-9)13-10(12)16(6)8-5(19)4(18)2(1-17)21-8/h2,4-5,8,17-19H,1H2,(H2,12,13)(H3,11,14,15,20)/t2?,4?,5-,8?/m0/s1. The molecular weight excluding hydrogens is 284 g/mol. The summed E-state index contributed by atoms with van der Waals surface area (Å²) in [4.78, 5) is 21.8. The fourth-order valence-electron chi connectivity index (χ4n) is 2.36. The number of H-pyrrole nitrogens is 1. The summed E-state index contributed by atoms with van der Waals surface area (Å²) in [6, 6.07) is 0. The SMILES string of the molecule is Nc1nc2c(nc(N)n2C2OC(CO)C(O)[C@@H]2O)c(=O)[nH]1. The van der Waals surface area contributed by atoms with Crippen LogP contribution in [0.4, 0.5) is 11.9 Å². The first kappa shape index (κ1) is 13.8. The van der Waals surface area contributed by atoms with Crippen LogP contribution in [0.5, 0.6) is 0 Å². The van der Waals surface area contributed by atoms with Gasteiger partial charge in [-0.15, -0.1) is 0 Å². The van der Waals surface area contributed by atoms with E-state index in [1.165, 1.54) is 0 Å². The normalized spacial score (nSPS) is 29.3. The largest absolute Gasteiger partial charge is 0.394 e. The number of aliphatic hydroxyl groups excluding tert-OH is 3. The molecule has 0 aromatic carbocycles. The fraction of sp³-hybridized carbons (Fsp3) is 0.500. The van der Waals surface area contributed by atoms with E-state index in [0.29, 0.717) is 0 Å². The minimum Gasteiger partial charge on any atom is -0.394 e. The van der Waals surface area contributed by atoms with Crippen molar-refractivity contribution in [2.24, 2.45) is 0 Å². The van der Waals surface area contributed by atoms with E-state index in [1.807, 2.05) is 0 Å². The van der Waals surface area contributed by atoms with Crippen molar-refractivity contribution in [2.75, 3.05) is 18.1 Å². The zero-order chi connectivity index (χ0) is 15.3. The second-order valence-corrected chi connectivity index (χ2v) is 4.69. The van der Waals surface area contributed by atoms with Crippen LogP contribution in [0.2, 0.25) is 0 Å². The Bertz CT molecular complexity index is 741. The Hall–Kier alpha value is -2.21. The molecule has 1 saturated heterocycles. The van der Waals surface area contributed by atoms with Crippen LogP contribution in [0.15, 0.2) is 4.79 Å². The Kier molecular flexibility index (Phi) is 3.06. The van der Waals surface area contributed by atoms with Crippen molar-refractivity contribution < 1.29 is 20.1 Å². The molecule has 11 nitrogen and oxygen atoms in total. The maximum atomic E-state index is 11.7. The Balaban J connectivity index is 2.17. The van der Waals surface area contributed by atoms with Gasteiger partial charge in [0.2, 0.25) is 11.9 Å². The Labute approximate surface area is 116 Å². The molecule has 0 radical (unpaired) electrons. The van der Waals surface area contributed by atoms with E-state index in [9.17, 15) is 15.0 Å². The highest BCUT2D eigenvalue weighted by molar-refractivity contribution is 5.74. The third-order valence-electron chi connectivity index (χ3n) is 3.37. The number of fused-ring (bicyclic) bond motifs is 1. The summed E-state index contributed by atoms with van der Waals surface area (Å²) in [7, 11) is 0. The van der Waals surface area contributed by atoms with Gasteiger partial charge >= 0.3 is 0 Å². The van der Waals surface area contributed by atoms with Crippen LogP contribution >= 0.6 is 0 Å². The van der Waals surface area contributed by atoms with Crippen molar-refractivity contribution in [3.05, 3.63) is 10.4 Å². The molecule has 2 aromatic heterocycles. The zero-order valence-electron chi connectivity index (χ0n) is 10.7. The number of ether oxygens (including phenoxy) is 1. The second kappa shape index (κ2) is 4.66. The van der Waals surface area contributed by atoms with E-state index in [1.54, 1.807) is 0 Å². The number of aliphatic hydroxyl groups is 3. The van der Waals surface area contributed by atoms with Gasteiger partial charge in [0.15, 0.2) is 17.4 Å². The molecule has 114 valence electrons. The molecule has 3 heterocycles. The predicted molar refractivity (Wildman–Crippen MR) is 70.0 cm³/mol. The molecule has 21 heavy (non-hydrogen) atoms. The summed E-state index contributed by atoms with van der Waals surface area (Å²) in [5, 5.41) is 28.9. The lowest BCUT2D eigenvalue weighted by Gasteiger charge is -2.17. The molecule has 1 aliphatic rings. The third kappa shape index (κ3) is 1.94. The van der Waals surface area contributed by atoms with Gasteiger partial charge in [-0.3, -0.25) is 14.3 Å².